The fourth-order valence-electron chi connectivity index (χ4n) is 2.68. The van der Waals surface area contributed by atoms with Crippen LogP contribution in [0, 0.1) is 0 Å². The third kappa shape index (κ3) is 3.16. The zero-order valence-electron chi connectivity index (χ0n) is 14.2. The molecule has 148 valence electrons. The Balaban J connectivity index is 2.17. The van der Waals surface area contributed by atoms with Crippen LogP contribution in [0.3, 0.4) is 0 Å². The van der Waals surface area contributed by atoms with Crippen molar-refractivity contribution < 1.29 is 36.3 Å². The van der Waals surface area contributed by atoms with E-state index in [1.54, 1.807) is 0 Å². The second kappa shape index (κ2) is 6.38. The Morgan fingerprint density at radius 1 is 1.25 bits per heavy atom. The number of rotatable bonds is 2. The fraction of sp³-hybridized carbons (Fsp3) is 0.235. The van der Waals surface area contributed by atoms with E-state index >= 15 is 0 Å². The first kappa shape index (κ1) is 20.0. The summed E-state index contributed by atoms with van der Waals surface area (Å²) in [5.74, 6) is -3.18. The number of pyridine rings is 1. The molecule has 2 aromatic rings. The Bertz CT molecular complexity index is 1090. The van der Waals surface area contributed by atoms with E-state index in [-0.39, 0.29) is 18.1 Å². The Labute approximate surface area is 157 Å². The van der Waals surface area contributed by atoms with E-state index < -0.39 is 55.2 Å². The van der Waals surface area contributed by atoms with E-state index in [0.29, 0.717) is 0 Å². The number of carbonyl (C=O) groups excluding carboxylic acids is 2. The second-order valence-corrected chi connectivity index (χ2v) is 8.28. The van der Waals surface area contributed by atoms with E-state index in [9.17, 15) is 36.3 Å². The molecule has 0 spiro atoms. The summed E-state index contributed by atoms with van der Waals surface area (Å²) in [4.78, 5) is 28.3. The fourth-order valence-corrected chi connectivity index (χ4v) is 4.28. The number of carbonyl (C=O) groups is 2. The lowest BCUT2D eigenvalue weighted by atomic mass is 9.98. The third-order valence-electron chi connectivity index (χ3n) is 4.32. The summed E-state index contributed by atoms with van der Waals surface area (Å²) in [5.41, 5.74) is -4.54. The zero-order chi connectivity index (χ0) is 20.9. The van der Waals surface area contributed by atoms with Gasteiger partial charge in [0, 0.05) is 18.0 Å². The van der Waals surface area contributed by atoms with Crippen molar-refractivity contribution >= 4 is 27.2 Å². The first-order chi connectivity index (χ1) is 12.9. The van der Waals surface area contributed by atoms with Crippen LogP contribution < -0.4 is 5.32 Å². The summed E-state index contributed by atoms with van der Waals surface area (Å²) in [7, 11) is -4.04. The first-order valence-corrected chi connectivity index (χ1v) is 9.45. The lowest BCUT2D eigenvalue weighted by Gasteiger charge is -2.25. The summed E-state index contributed by atoms with van der Waals surface area (Å²) in [6, 6.07) is 4.67. The van der Waals surface area contributed by atoms with Gasteiger partial charge in [0.25, 0.3) is 5.91 Å². The summed E-state index contributed by atoms with van der Waals surface area (Å²) in [6.45, 7) is 0.253. The van der Waals surface area contributed by atoms with E-state index in [4.69, 9.17) is 0 Å². The molecule has 7 nitrogen and oxygen atoms in total. The van der Waals surface area contributed by atoms with Gasteiger partial charge >= 0.3 is 6.18 Å². The van der Waals surface area contributed by atoms with Crippen molar-refractivity contribution in [2.45, 2.75) is 29.3 Å². The minimum atomic E-state index is -5.28. The number of aliphatic hydroxyl groups is 1. The normalized spacial score (nSPS) is 17.7. The number of sulfone groups is 1. The average Bonchev–Trinajstić information content (AvgIpc) is 2.68. The minimum absolute atomic E-state index is 0.00149. The number of nitrogens with one attached hydrogen (secondary N) is 1. The highest BCUT2D eigenvalue weighted by Gasteiger charge is 2.56. The molecule has 0 aliphatic carbocycles. The van der Waals surface area contributed by atoms with Gasteiger partial charge in [0.05, 0.1) is 21.9 Å². The molecule has 1 amide bonds. The summed E-state index contributed by atoms with van der Waals surface area (Å²) >= 11 is 0. The third-order valence-corrected chi connectivity index (χ3v) is 6.03. The van der Waals surface area contributed by atoms with Gasteiger partial charge in [-0.1, -0.05) is 6.07 Å². The number of fused-ring (bicyclic) bond motifs is 2. The van der Waals surface area contributed by atoms with E-state index in [1.165, 1.54) is 24.5 Å². The number of alkyl halides is 3. The van der Waals surface area contributed by atoms with Gasteiger partial charge in [-0.05, 0) is 30.7 Å². The van der Waals surface area contributed by atoms with Crippen LogP contribution in [-0.2, 0) is 20.4 Å². The van der Waals surface area contributed by atoms with Gasteiger partial charge < -0.3 is 10.4 Å². The van der Waals surface area contributed by atoms with Crippen molar-refractivity contribution in [2.75, 3.05) is 5.32 Å². The van der Waals surface area contributed by atoms with Crippen molar-refractivity contribution in [1.82, 2.24) is 4.98 Å². The van der Waals surface area contributed by atoms with Crippen molar-refractivity contribution in [1.29, 1.82) is 0 Å². The predicted octanol–water partition coefficient (Wildman–Crippen LogP) is 1.85. The van der Waals surface area contributed by atoms with Crippen LogP contribution in [0.2, 0.25) is 0 Å². The molecule has 1 aromatic heterocycles. The number of hydrogen-bond donors (Lipinski definition) is 2. The molecule has 1 aromatic carbocycles. The number of anilines is 1. The average molecular weight is 414 g/mol. The summed E-state index contributed by atoms with van der Waals surface area (Å²) in [6.07, 6.45) is -2.80. The molecule has 3 rings (SSSR count). The maximum atomic E-state index is 12.9. The highest BCUT2D eigenvalue weighted by Crippen LogP contribution is 2.35. The molecule has 2 N–H and O–H groups in total. The van der Waals surface area contributed by atoms with Crippen LogP contribution >= 0.6 is 0 Å². The van der Waals surface area contributed by atoms with Gasteiger partial charge in [-0.2, -0.15) is 13.2 Å². The lowest BCUT2D eigenvalue weighted by molar-refractivity contribution is -0.242. The Morgan fingerprint density at radius 3 is 2.57 bits per heavy atom. The van der Waals surface area contributed by atoms with Gasteiger partial charge in [0.1, 0.15) is 0 Å². The molecule has 0 saturated heterocycles. The standard InChI is InChI=1S/C17H13F3N2O5S/c1-16(25,17(18,19)20)15(24)22-11-3-2-4-12-13(11)14(23)10-5-6-21-7-9(10)8-28(12,26)27/h2-7,25H,8H2,1H3,(H,22,24). The van der Waals surface area contributed by atoms with Crippen LogP contribution in [0.1, 0.15) is 28.4 Å². The Morgan fingerprint density at radius 2 is 1.93 bits per heavy atom. The molecule has 0 fully saturated rings. The molecule has 1 aliphatic rings. The van der Waals surface area contributed by atoms with Gasteiger partial charge in [-0.3, -0.25) is 14.6 Å². The quantitative estimate of drug-likeness (QED) is 0.776. The molecule has 0 bridgehead atoms. The smallest absolute Gasteiger partial charge is 0.373 e. The van der Waals surface area contributed by atoms with Gasteiger partial charge in [-0.25, -0.2) is 8.42 Å². The van der Waals surface area contributed by atoms with Crippen molar-refractivity contribution in [3.8, 4) is 0 Å². The maximum absolute atomic E-state index is 12.9. The molecule has 11 heteroatoms. The van der Waals surface area contributed by atoms with Gasteiger partial charge in [0.15, 0.2) is 15.6 Å². The highest BCUT2D eigenvalue weighted by molar-refractivity contribution is 7.90. The van der Waals surface area contributed by atoms with Crippen molar-refractivity contribution in [3.05, 3.63) is 53.3 Å². The molecule has 1 unspecified atom stereocenters. The zero-order valence-corrected chi connectivity index (χ0v) is 15.1. The second-order valence-electron chi connectivity index (χ2n) is 6.32. The Hall–Kier alpha value is -2.79. The molecule has 1 atom stereocenters. The maximum Gasteiger partial charge on any atom is 0.426 e. The van der Waals surface area contributed by atoms with Crippen LogP contribution in [0.5, 0.6) is 0 Å². The topological polar surface area (TPSA) is 113 Å². The molecule has 28 heavy (non-hydrogen) atoms. The number of halogens is 3. The molecular formula is C17H13F3N2O5S. The number of ketones is 1. The molecule has 0 radical (unpaired) electrons. The van der Waals surface area contributed by atoms with Crippen LogP contribution in [0.15, 0.2) is 41.6 Å². The molecule has 2 heterocycles. The lowest BCUT2D eigenvalue weighted by Crippen LogP contribution is -2.52. The molecule has 1 aliphatic heterocycles. The van der Waals surface area contributed by atoms with Crippen LogP contribution in [-0.4, -0.2) is 42.0 Å². The summed E-state index contributed by atoms with van der Waals surface area (Å²) < 4.78 is 64.1. The summed E-state index contributed by atoms with van der Waals surface area (Å²) in [5, 5.41) is 11.4. The van der Waals surface area contributed by atoms with Gasteiger partial charge in [0.2, 0.25) is 5.60 Å². The number of hydrogen-bond acceptors (Lipinski definition) is 6. The van der Waals surface area contributed by atoms with E-state index in [1.807, 2.05) is 5.32 Å². The Kier molecular flexibility index (Phi) is 4.55. The SMILES string of the molecule is CC(O)(C(=O)Nc1cccc2c1C(=O)c1ccncc1CS2(=O)=O)C(F)(F)F. The van der Waals surface area contributed by atoms with Crippen LogP contribution in [0.4, 0.5) is 18.9 Å². The van der Waals surface area contributed by atoms with E-state index in [0.717, 1.165) is 12.1 Å². The molecular weight excluding hydrogens is 401 g/mol. The van der Waals surface area contributed by atoms with Gasteiger partial charge in [-0.15, -0.1) is 0 Å². The van der Waals surface area contributed by atoms with Crippen LogP contribution in [0.25, 0.3) is 0 Å². The monoisotopic (exact) mass is 414 g/mol. The van der Waals surface area contributed by atoms with Crippen molar-refractivity contribution in [2.24, 2.45) is 0 Å². The van der Waals surface area contributed by atoms with Crippen molar-refractivity contribution in [3.63, 3.8) is 0 Å². The number of benzene rings is 1. The van der Waals surface area contributed by atoms with E-state index in [2.05, 4.69) is 4.98 Å². The number of amides is 1. The molecule has 0 saturated carbocycles. The number of aromatic nitrogens is 1. The largest absolute Gasteiger partial charge is 0.426 e. The highest BCUT2D eigenvalue weighted by atomic mass is 32.2. The first-order valence-electron chi connectivity index (χ1n) is 7.80. The predicted molar refractivity (Wildman–Crippen MR) is 90.3 cm³/mol. The minimum Gasteiger partial charge on any atom is -0.373 e. The number of nitrogens with zero attached hydrogens (tertiary/aromatic N) is 1.